The Balaban J connectivity index is 1.67. The van der Waals surface area contributed by atoms with E-state index in [1.54, 1.807) is 23.5 Å². The Morgan fingerprint density at radius 2 is 1.80 bits per heavy atom. The Kier molecular flexibility index (Phi) is 6.17. The van der Waals surface area contributed by atoms with Crippen molar-refractivity contribution in [2.45, 2.75) is 6.04 Å². The second kappa shape index (κ2) is 8.55. The molecule has 1 amide bonds. The van der Waals surface area contributed by atoms with Gasteiger partial charge in [0.25, 0.3) is 0 Å². The Bertz CT molecular complexity index is 820. The fraction of sp³-hybridized carbons (Fsp3) is 0.105. The summed E-state index contributed by atoms with van der Waals surface area (Å²) in [5.74, 6) is -0.394. The Morgan fingerprint density at radius 3 is 2.44 bits per heavy atom. The second-order valence-electron chi connectivity index (χ2n) is 5.44. The van der Waals surface area contributed by atoms with E-state index in [-0.39, 0.29) is 24.3 Å². The van der Waals surface area contributed by atoms with Crippen molar-refractivity contribution in [1.82, 2.24) is 5.32 Å². The van der Waals surface area contributed by atoms with Crippen LogP contribution in [0, 0.1) is 9.39 Å². The molecule has 6 heteroatoms. The highest BCUT2D eigenvalue weighted by Crippen LogP contribution is 2.26. The van der Waals surface area contributed by atoms with Crippen LogP contribution in [-0.4, -0.2) is 12.5 Å². The number of benzene rings is 2. The minimum atomic E-state index is -0.273. The van der Waals surface area contributed by atoms with Crippen LogP contribution in [0.25, 0.3) is 0 Å². The van der Waals surface area contributed by atoms with Gasteiger partial charge in [-0.15, -0.1) is 11.3 Å². The highest BCUT2D eigenvalue weighted by atomic mass is 127. The summed E-state index contributed by atoms with van der Waals surface area (Å²) in [4.78, 5) is 13.3. The molecule has 0 saturated heterocycles. The minimum Gasteiger partial charge on any atom is -0.325 e. The Morgan fingerprint density at radius 1 is 1.08 bits per heavy atom. The molecule has 1 aromatic heterocycles. The quantitative estimate of drug-likeness (QED) is 0.512. The molecule has 0 fully saturated rings. The summed E-state index contributed by atoms with van der Waals surface area (Å²) < 4.78 is 14.3. The first-order valence-electron chi connectivity index (χ1n) is 7.69. The van der Waals surface area contributed by atoms with Crippen LogP contribution in [0.3, 0.4) is 0 Å². The number of hydrogen-bond donors (Lipinski definition) is 2. The van der Waals surface area contributed by atoms with Crippen molar-refractivity contribution in [3.63, 3.8) is 0 Å². The number of rotatable bonds is 6. The molecule has 0 bridgehead atoms. The van der Waals surface area contributed by atoms with Gasteiger partial charge in [-0.3, -0.25) is 10.1 Å². The van der Waals surface area contributed by atoms with E-state index >= 15 is 0 Å². The molecule has 0 saturated carbocycles. The summed E-state index contributed by atoms with van der Waals surface area (Å²) in [7, 11) is 0. The summed E-state index contributed by atoms with van der Waals surface area (Å²) in [5, 5.41) is 8.12. The van der Waals surface area contributed by atoms with Crippen LogP contribution in [0.1, 0.15) is 16.5 Å². The van der Waals surface area contributed by atoms with Crippen LogP contribution in [-0.2, 0) is 4.79 Å². The highest BCUT2D eigenvalue weighted by Gasteiger charge is 2.16. The van der Waals surface area contributed by atoms with Crippen LogP contribution in [0.2, 0.25) is 0 Å². The van der Waals surface area contributed by atoms with Crippen molar-refractivity contribution >= 4 is 45.5 Å². The zero-order chi connectivity index (χ0) is 17.6. The first kappa shape index (κ1) is 18.0. The van der Waals surface area contributed by atoms with Crippen molar-refractivity contribution < 1.29 is 9.18 Å². The lowest BCUT2D eigenvalue weighted by atomic mass is 10.1. The van der Waals surface area contributed by atoms with Gasteiger partial charge in [0.2, 0.25) is 5.91 Å². The normalized spacial score (nSPS) is 11.9. The van der Waals surface area contributed by atoms with Gasteiger partial charge in [0.15, 0.2) is 0 Å². The number of amides is 1. The smallest absolute Gasteiger partial charge is 0.238 e. The fourth-order valence-electron chi connectivity index (χ4n) is 2.43. The standard InChI is InChI=1S/C19H16FIN2OS/c20-14-5-3-13(4-6-14)19(17-2-1-11-25-17)22-12-18(24)23-16-9-7-15(21)8-10-16/h1-11,19,22H,12H2,(H,23,24)/t19-/m1/s1. The third-order valence-corrected chi connectivity index (χ3v) is 5.28. The average molecular weight is 466 g/mol. The number of carbonyl (C=O) groups excluding carboxylic acids is 1. The first-order chi connectivity index (χ1) is 12.1. The van der Waals surface area contributed by atoms with E-state index in [9.17, 15) is 9.18 Å². The molecule has 1 heterocycles. The van der Waals surface area contributed by atoms with E-state index in [1.807, 2.05) is 41.8 Å². The largest absolute Gasteiger partial charge is 0.325 e. The van der Waals surface area contributed by atoms with Gasteiger partial charge >= 0.3 is 0 Å². The van der Waals surface area contributed by atoms with E-state index in [0.717, 1.165) is 19.7 Å². The molecule has 3 nitrogen and oxygen atoms in total. The number of halogens is 2. The predicted octanol–water partition coefficient (Wildman–Crippen LogP) is 4.81. The SMILES string of the molecule is O=C(CN[C@H](c1ccc(F)cc1)c1cccs1)Nc1ccc(I)cc1. The van der Waals surface area contributed by atoms with Gasteiger partial charge < -0.3 is 5.32 Å². The summed E-state index contributed by atoms with van der Waals surface area (Å²) in [5.41, 5.74) is 1.69. The Hall–Kier alpha value is -1.77. The zero-order valence-corrected chi connectivity index (χ0v) is 16.2. The summed E-state index contributed by atoms with van der Waals surface area (Å²) in [6.07, 6.45) is 0. The number of thiophene rings is 1. The molecule has 0 unspecified atom stereocenters. The Labute approximate surface area is 163 Å². The molecule has 2 aromatic carbocycles. The molecular weight excluding hydrogens is 450 g/mol. The number of carbonyl (C=O) groups is 1. The maximum absolute atomic E-state index is 13.2. The van der Waals surface area contributed by atoms with Crippen molar-refractivity contribution in [3.05, 3.63) is 85.9 Å². The van der Waals surface area contributed by atoms with Crippen molar-refractivity contribution in [2.24, 2.45) is 0 Å². The first-order valence-corrected chi connectivity index (χ1v) is 9.65. The van der Waals surface area contributed by atoms with E-state index in [1.165, 1.54) is 12.1 Å². The van der Waals surface area contributed by atoms with Crippen molar-refractivity contribution in [1.29, 1.82) is 0 Å². The van der Waals surface area contributed by atoms with E-state index in [2.05, 4.69) is 33.2 Å². The lowest BCUT2D eigenvalue weighted by molar-refractivity contribution is -0.115. The van der Waals surface area contributed by atoms with Gasteiger partial charge in [-0.05, 0) is 76.0 Å². The molecule has 2 N–H and O–H groups in total. The molecule has 3 rings (SSSR count). The van der Waals surface area contributed by atoms with Gasteiger partial charge in [0.1, 0.15) is 5.82 Å². The van der Waals surface area contributed by atoms with Gasteiger partial charge in [-0.2, -0.15) is 0 Å². The third-order valence-electron chi connectivity index (χ3n) is 3.63. The van der Waals surface area contributed by atoms with Gasteiger partial charge in [0.05, 0.1) is 12.6 Å². The molecule has 3 aromatic rings. The van der Waals surface area contributed by atoms with E-state index < -0.39 is 0 Å². The predicted molar refractivity (Wildman–Crippen MR) is 108 cm³/mol. The fourth-order valence-corrected chi connectivity index (χ4v) is 3.61. The maximum atomic E-state index is 13.2. The molecule has 128 valence electrons. The molecular formula is C19H16FIN2OS. The lowest BCUT2D eigenvalue weighted by Gasteiger charge is -2.18. The van der Waals surface area contributed by atoms with Crippen LogP contribution in [0.5, 0.6) is 0 Å². The minimum absolute atomic E-state index is 0.120. The molecule has 0 radical (unpaired) electrons. The van der Waals surface area contributed by atoms with Gasteiger partial charge in [-0.1, -0.05) is 18.2 Å². The van der Waals surface area contributed by atoms with Crippen molar-refractivity contribution in [2.75, 3.05) is 11.9 Å². The monoisotopic (exact) mass is 466 g/mol. The topological polar surface area (TPSA) is 41.1 Å². The summed E-state index contributed by atoms with van der Waals surface area (Å²) in [6, 6.07) is 17.8. The molecule has 0 aliphatic rings. The molecule has 1 atom stereocenters. The lowest BCUT2D eigenvalue weighted by Crippen LogP contribution is -2.31. The number of nitrogens with one attached hydrogen (secondary N) is 2. The average Bonchev–Trinajstić information content (AvgIpc) is 3.13. The van der Waals surface area contributed by atoms with Crippen LogP contribution in [0.15, 0.2) is 66.0 Å². The van der Waals surface area contributed by atoms with Crippen LogP contribution >= 0.6 is 33.9 Å². The van der Waals surface area contributed by atoms with Gasteiger partial charge in [-0.25, -0.2) is 4.39 Å². The van der Waals surface area contributed by atoms with Crippen LogP contribution < -0.4 is 10.6 Å². The van der Waals surface area contributed by atoms with Gasteiger partial charge in [0, 0.05) is 14.1 Å². The third kappa shape index (κ3) is 5.10. The number of anilines is 1. The molecule has 0 spiro atoms. The van der Waals surface area contributed by atoms with Crippen molar-refractivity contribution in [3.8, 4) is 0 Å². The zero-order valence-electron chi connectivity index (χ0n) is 13.2. The molecule has 25 heavy (non-hydrogen) atoms. The highest BCUT2D eigenvalue weighted by molar-refractivity contribution is 14.1. The maximum Gasteiger partial charge on any atom is 0.238 e. The molecule has 0 aliphatic heterocycles. The number of hydrogen-bond acceptors (Lipinski definition) is 3. The summed E-state index contributed by atoms with van der Waals surface area (Å²) >= 11 is 3.82. The molecule has 0 aliphatic carbocycles. The van der Waals surface area contributed by atoms with Crippen LogP contribution in [0.4, 0.5) is 10.1 Å². The summed E-state index contributed by atoms with van der Waals surface area (Å²) in [6.45, 7) is 0.159. The van der Waals surface area contributed by atoms with E-state index in [0.29, 0.717) is 0 Å². The second-order valence-corrected chi connectivity index (χ2v) is 7.66. The van der Waals surface area contributed by atoms with E-state index in [4.69, 9.17) is 0 Å².